The summed E-state index contributed by atoms with van der Waals surface area (Å²) in [5.74, 6) is 1.12. The Labute approximate surface area is 122 Å². The lowest BCUT2D eigenvalue weighted by atomic mass is 9.83. The first-order valence-corrected chi connectivity index (χ1v) is 8.55. The van der Waals surface area contributed by atoms with Crippen molar-refractivity contribution in [3.8, 4) is 0 Å². The lowest BCUT2D eigenvalue weighted by Crippen LogP contribution is -2.60. The minimum absolute atomic E-state index is 0.0790. The number of unbranched alkanes of at least 4 members (excludes halogenated alkanes) is 1. The van der Waals surface area contributed by atoms with Crippen molar-refractivity contribution in [3.63, 3.8) is 0 Å². The number of hydrogen-bond acceptors (Lipinski definition) is 3. The number of piperidine rings is 3. The van der Waals surface area contributed by atoms with E-state index in [1.54, 1.807) is 0 Å². The first-order chi connectivity index (χ1) is 9.74. The molecule has 0 spiro atoms. The smallest absolute Gasteiger partial charge is 0.241 e. The second-order valence-corrected chi connectivity index (χ2v) is 6.74. The van der Waals surface area contributed by atoms with Gasteiger partial charge in [-0.05, 0) is 44.7 Å². The van der Waals surface area contributed by atoms with Crippen molar-refractivity contribution in [1.29, 1.82) is 0 Å². The van der Waals surface area contributed by atoms with Crippen LogP contribution >= 0.6 is 0 Å². The molecule has 0 aliphatic carbocycles. The van der Waals surface area contributed by atoms with E-state index in [0.29, 0.717) is 11.9 Å². The minimum Gasteiger partial charge on any atom is -0.321 e. The molecule has 2 bridgehead atoms. The van der Waals surface area contributed by atoms with Gasteiger partial charge in [0, 0.05) is 12.6 Å². The Morgan fingerprint density at radius 3 is 2.55 bits per heavy atom. The van der Waals surface area contributed by atoms with E-state index in [4.69, 9.17) is 0 Å². The number of rotatable bonds is 5. The summed E-state index contributed by atoms with van der Waals surface area (Å²) < 4.78 is 0. The number of nitrogens with one attached hydrogen (secondary N) is 1. The molecule has 4 nitrogen and oxygen atoms in total. The summed E-state index contributed by atoms with van der Waals surface area (Å²) in [6.45, 7) is 7.98. The van der Waals surface area contributed by atoms with E-state index in [0.717, 1.165) is 31.7 Å². The van der Waals surface area contributed by atoms with Gasteiger partial charge in [0.05, 0.1) is 12.2 Å². The minimum atomic E-state index is 0.0790. The SMILES string of the molecule is CCCCC1NC(CC)N(C2CN3CCC2CC3)C1=O. The molecule has 4 heteroatoms. The summed E-state index contributed by atoms with van der Waals surface area (Å²) in [4.78, 5) is 17.6. The fourth-order valence-electron chi connectivity index (χ4n) is 4.29. The summed E-state index contributed by atoms with van der Waals surface area (Å²) in [5, 5.41) is 3.59. The van der Waals surface area contributed by atoms with Gasteiger partial charge in [0.25, 0.3) is 0 Å². The van der Waals surface area contributed by atoms with Gasteiger partial charge >= 0.3 is 0 Å². The highest BCUT2D eigenvalue weighted by atomic mass is 16.2. The van der Waals surface area contributed by atoms with Gasteiger partial charge < -0.3 is 9.80 Å². The Bertz CT molecular complexity index is 352. The van der Waals surface area contributed by atoms with E-state index < -0.39 is 0 Å². The van der Waals surface area contributed by atoms with Crippen LogP contribution in [0.1, 0.15) is 52.4 Å². The maximum atomic E-state index is 12.8. The zero-order valence-electron chi connectivity index (χ0n) is 13.0. The number of nitrogens with zero attached hydrogens (tertiary/aromatic N) is 2. The first kappa shape index (κ1) is 14.3. The lowest BCUT2D eigenvalue weighted by Gasteiger charge is -2.49. The van der Waals surface area contributed by atoms with E-state index in [9.17, 15) is 4.79 Å². The van der Waals surface area contributed by atoms with E-state index in [1.807, 2.05) is 0 Å². The molecule has 4 rings (SSSR count). The van der Waals surface area contributed by atoms with Crippen LogP contribution in [0.5, 0.6) is 0 Å². The molecular weight excluding hydrogens is 250 g/mol. The summed E-state index contributed by atoms with van der Waals surface area (Å²) in [7, 11) is 0. The van der Waals surface area contributed by atoms with E-state index in [1.165, 1.54) is 32.4 Å². The predicted molar refractivity (Wildman–Crippen MR) is 80.3 cm³/mol. The lowest BCUT2D eigenvalue weighted by molar-refractivity contribution is -0.136. The van der Waals surface area contributed by atoms with Crippen molar-refractivity contribution in [1.82, 2.24) is 15.1 Å². The van der Waals surface area contributed by atoms with Crippen LogP contribution in [0, 0.1) is 5.92 Å². The van der Waals surface area contributed by atoms with Gasteiger partial charge in [-0.25, -0.2) is 0 Å². The van der Waals surface area contributed by atoms with Crippen molar-refractivity contribution in [2.75, 3.05) is 19.6 Å². The van der Waals surface area contributed by atoms with E-state index in [2.05, 4.69) is 29.0 Å². The maximum Gasteiger partial charge on any atom is 0.241 e. The topological polar surface area (TPSA) is 35.6 Å². The van der Waals surface area contributed by atoms with Gasteiger partial charge in [-0.15, -0.1) is 0 Å². The van der Waals surface area contributed by atoms with Gasteiger partial charge in [0.1, 0.15) is 0 Å². The standard InChI is InChI=1S/C16H29N3O/c1-3-5-6-13-16(20)19(15(4-2)17-13)14-11-18-9-7-12(14)8-10-18/h12-15,17H,3-11H2,1-2H3. The van der Waals surface area contributed by atoms with Crippen molar-refractivity contribution in [2.24, 2.45) is 5.92 Å². The van der Waals surface area contributed by atoms with E-state index in [-0.39, 0.29) is 12.2 Å². The molecule has 4 aliphatic heterocycles. The summed E-state index contributed by atoms with van der Waals surface area (Å²) in [6.07, 6.45) is 7.18. The van der Waals surface area contributed by atoms with Gasteiger partial charge in [-0.3, -0.25) is 10.1 Å². The molecule has 114 valence electrons. The Kier molecular flexibility index (Phi) is 4.32. The molecule has 20 heavy (non-hydrogen) atoms. The summed E-state index contributed by atoms with van der Waals surface area (Å²) in [5.41, 5.74) is 0. The highest BCUT2D eigenvalue weighted by Gasteiger charge is 2.46. The number of fused-ring (bicyclic) bond motifs is 3. The molecular formula is C16H29N3O. The molecule has 0 saturated carbocycles. The quantitative estimate of drug-likeness (QED) is 0.833. The first-order valence-electron chi connectivity index (χ1n) is 8.55. The average Bonchev–Trinajstić information content (AvgIpc) is 2.82. The van der Waals surface area contributed by atoms with E-state index >= 15 is 0 Å². The molecule has 4 heterocycles. The van der Waals surface area contributed by atoms with Crippen molar-refractivity contribution in [3.05, 3.63) is 0 Å². The molecule has 4 saturated heterocycles. The van der Waals surface area contributed by atoms with Crippen LogP contribution in [0.2, 0.25) is 0 Å². The molecule has 0 aromatic heterocycles. The predicted octanol–water partition coefficient (Wildman–Crippen LogP) is 1.81. The molecule has 3 unspecified atom stereocenters. The second kappa shape index (κ2) is 6.02. The highest BCUT2D eigenvalue weighted by molar-refractivity contribution is 5.84. The zero-order chi connectivity index (χ0) is 14.1. The van der Waals surface area contributed by atoms with Gasteiger partial charge in [0.15, 0.2) is 0 Å². The molecule has 0 aromatic rings. The highest BCUT2D eigenvalue weighted by Crippen LogP contribution is 2.34. The normalized spacial score (nSPS) is 40.6. The number of carbonyl (C=O) groups is 1. The fourth-order valence-corrected chi connectivity index (χ4v) is 4.29. The largest absolute Gasteiger partial charge is 0.321 e. The van der Waals surface area contributed by atoms with Crippen molar-refractivity contribution >= 4 is 5.91 Å². The summed E-state index contributed by atoms with van der Waals surface area (Å²) >= 11 is 0. The van der Waals surface area contributed by atoms with Gasteiger partial charge in [0.2, 0.25) is 5.91 Å². The Hall–Kier alpha value is -0.610. The molecule has 1 N–H and O–H groups in total. The van der Waals surface area contributed by atoms with Crippen LogP contribution in [-0.4, -0.2) is 53.6 Å². The second-order valence-electron chi connectivity index (χ2n) is 6.74. The molecule has 4 fully saturated rings. The molecule has 0 aromatic carbocycles. The fraction of sp³-hybridized carbons (Fsp3) is 0.938. The van der Waals surface area contributed by atoms with Crippen LogP contribution in [0.25, 0.3) is 0 Å². The monoisotopic (exact) mass is 279 g/mol. The average molecular weight is 279 g/mol. The van der Waals surface area contributed by atoms with Crippen molar-refractivity contribution in [2.45, 2.75) is 70.6 Å². The Morgan fingerprint density at radius 1 is 1.25 bits per heavy atom. The van der Waals surface area contributed by atoms with Gasteiger partial charge in [-0.2, -0.15) is 0 Å². The van der Waals surface area contributed by atoms with Crippen LogP contribution < -0.4 is 5.32 Å². The number of hydrogen-bond donors (Lipinski definition) is 1. The van der Waals surface area contributed by atoms with Gasteiger partial charge in [-0.1, -0.05) is 26.7 Å². The van der Waals surface area contributed by atoms with Crippen LogP contribution in [0.3, 0.4) is 0 Å². The summed E-state index contributed by atoms with van der Waals surface area (Å²) in [6, 6.07) is 0.546. The molecule has 3 atom stereocenters. The van der Waals surface area contributed by atoms with Crippen LogP contribution in [0.4, 0.5) is 0 Å². The van der Waals surface area contributed by atoms with Crippen molar-refractivity contribution < 1.29 is 4.79 Å². The Balaban J connectivity index is 1.72. The van der Waals surface area contributed by atoms with Crippen LogP contribution in [0.15, 0.2) is 0 Å². The van der Waals surface area contributed by atoms with Crippen LogP contribution in [-0.2, 0) is 4.79 Å². The Morgan fingerprint density at radius 2 is 2.00 bits per heavy atom. The zero-order valence-corrected chi connectivity index (χ0v) is 13.0. The molecule has 1 amide bonds. The number of amides is 1. The maximum absolute atomic E-state index is 12.8. The third-order valence-electron chi connectivity index (χ3n) is 5.49. The third-order valence-corrected chi connectivity index (χ3v) is 5.49. The third kappa shape index (κ3) is 2.48. The molecule has 4 aliphatic rings. The number of carbonyl (C=O) groups excluding carboxylic acids is 1. The molecule has 0 radical (unpaired) electrons.